The highest BCUT2D eigenvalue weighted by molar-refractivity contribution is 5.86. The summed E-state index contributed by atoms with van der Waals surface area (Å²) >= 11 is 0. The van der Waals surface area contributed by atoms with E-state index in [9.17, 15) is 14.4 Å². The van der Waals surface area contributed by atoms with Gasteiger partial charge in [0.2, 0.25) is 5.91 Å². The maximum Gasteiger partial charge on any atom is 0.407 e. The van der Waals surface area contributed by atoms with E-state index in [1.54, 1.807) is 18.2 Å². The lowest BCUT2D eigenvalue weighted by Crippen LogP contribution is -2.49. The molecule has 4 rings (SSSR count). The highest BCUT2D eigenvalue weighted by Gasteiger charge is 2.31. The number of amides is 2. The van der Waals surface area contributed by atoms with Crippen molar-refractivity contribution in [1.82, 2.24) is 10.6 Å². The number of fused-ring (bicyclic) bond motifs is 3. The quantitative estimate of drug-likeness (QED) is 0.538. The second-order valence-corrected chi connectivity index (χ2v) is 8.23. The average molecular weight is 447 g/mol. The van der Waals surface area contributed by atoms with E-state index in [2.05, 4.69) is 29.3 Å². The van der Waals surface area contributed by atoms with Gasteiger partial charge in [-0.3, -0.25) is 9.59 Å². The third-order valence-electron chi connectivity index (χ3n) is 6.08. The van der Waals surface area contributed by atoms with Gasteiger partial charge < -0.3 is 20.5 Å². The Labute approximate surface area is 192 Å². The molecule has 0 spiro atoms. The van der Waals surface area contributed by atoms with Gasteiger partial charge in [-0.1, -0.05) is 66.8 Å². The lowest BCUT2D eigenvalue weighted by molar-refractivity contribution is -0.140. The van der Waals surface area contributed by atoms with Crippen molar-refractivity contribution in [1.29, 1.82) is 0 Å². The summed E-state index contributed by atoms with van der Waals surface area (Å²) < 4.78 is 5.53. The van der Waals surface area contributed by atoms with Crippen LogP contribution < -0.4 is 10.6 Å². The number of alkyl carbamates (subject to hydrolysis) is 1. The molecular weight excluding hydrogens is 420 g/mol. The average Bonchev–Trinajstić information content (AvgIpc) is 3.40. The number of hydrogen-bond donors (Lipinski definition) is 3. The Morgan fingerprint density at radius 3 is 2.27 bits per heavy atom. The zero-order chi connectivity index (χ0) is 23.4. The molecule has 0 heterocycles. The van der Waals surface area contributed by atoms with Crippen LogP contribution in [0.15, 0.2) is 73.3 Å². The van der Waals surface area contributed by atoms with E-state index in [1.165, 1.54) is 0 Å². The van der Waals surface area contributed by atoms with Gasteiger partial charge in [-0.05, 0) is 35.1 Å². The standard InChI is InChI=1S/C26H26N2O5/c1-2-7-23(24(29)27-17-13-12-16(14-17)25(30)31)28-26(32)33-15-22-20-10-5-3-8-18(20)19-9-4-6-11-21(19)22/h2-6,8-13,16-17,22-23H,1,7,14-15H2,(H,27,29)(H,28,32)(H,30,31). The summed E-state index contributed by atoms with van der Waals surface area (Å²) in [6, 6.07) is 14.8. The van der Waals surface area contributed by atoms with Crippen molar-refractivity contribution in [2.45, 2.75) is 30.8 Å². The molecule has 0 aliphatic heterocycles. The minimum atomic E-state index is -0.928. The van der Waals surface area contributed by atoms with Crippen molar-refractivity contribution in [3.8, 4) is 11.1 Å². The molecule has 7 nitrogen and oxygen atoms in total. The predicted octanol–water partition coefficient (Wildman–Crippen LogP) is 3.62. The van der Waals surface area contributed by atoms with Crippen molar-refractivity contribution in [2.75, 3.05) is 6.61 Å². The number of carboxylic acid groups (broad SMARTS) is 1. The van der Waals surface area contributed by atoms with Gasteiger partial charge in [0.25, 0.3) is 0 Å². The monoisotopic (exact) mass is 446 g/mol. The summed E-state index contributed by atoms with van der Waals surface area (Å²) in [7, 11) is 0. The van der Waals surface area contributed by atoms with Gasteiger partial charge in [0, 0.05) is 12.0 Å². The molecule has 170 valence electrons. The molecule has 7 heteroatoms. The predicted molar refractivity (Wildman–Crippen MR) is 124 cm³/mol. The number of nitrogens with one attached hydrogen (secondary N) is 2. The summed E-state index contributed by atoms with van der Waals surface area (Å²) in [5.41, 5.74) is 4.48. The van der Waals surface area contributed by atoms with E-state index in [0.717, 1.165) is 22.3 Å². The third-order valence-corrected chi connectivity index (χ3v) is 6.08. The smallest absolute Gasteiger partial charge is 0.407 e. The first-order valence-electron chi connectivity index (χ1n) is 10.9. The van der Waals surface area contributed by atoms with Crippen LogP contribution in [0.5, 0.6) is 0 Å². The Morgan fingerprint density at radius 1 is 1.06 bits per heavy atom. The number of benzene rings is 2. The first kappa shape index (κ1) is 22.3. The number of aliphatic carboxylic acids is 1. The van der Waals surface area contributed by atoms with E-state index in [4.69, 9.17) is 9.84 Å². The van der Waals surface area contributed by atoms with Crippen LogP contribution in [0.2, 0.25) is 0 Å². The van der Waals surface area contributed by atoms with Crippen molar-refractivity contribution >= 4 is 18.0 Å². The second-order valence-electron chi connectivity index (χ2n) is 8.23. The lowest BCUT2D eigenvalue weighted by Gasteiger charge is -2.20. The summed E-state index contributed by atoms with van der Waals surface area (Å²) in [4.78, 5) is 36.3. The number of carbonyl (C=O) groups excluding carboxylic acids is 2. The van der Waals surface area contributed by atoms with Crippen LogP contribution in [0.3, 0.4) is 0 Å². The van der Waals surface area contributed by atoms with E-state index >= 15 is 0 Å². The van der Waals surface area contributed by atoms with Crippen LogP contribution >= 0.6 is 0 Å². The van der Waals surface area contributed by atoms with Crippen molar-refractivity contribution in [3.05, 3.63) is 84.5 Å². The molecule has 3 unspecified atom stereocenters. The summed E-state index contributed by atoms with van der Waals surface area (Å²) in [6.45, 7) is 3.80. The topological polar surface area (TPSA) is 105 Å². The van der Waals surface area contributed by atoms with Gasteiger partial charge >= 0.3 is 12.1 Å². The molecular formula is C26H26N2O5. The zero-order valence-electron chi connectivity index (χ0n) is 18.1. The summed E-state index contributed by atoms with van der Waals surface area (Å²) in [5, 5.41) is 14.5. The van der Waals surface area contributed by atoms with Crippen LogP contribution in [-0.4, -0.2) is 41.8 Å². The van der Waals surface area contributed by atoms with Gasteiger partial charge in [-0.25, -0.2) is 4.79 Å². The molecule has 0 fully saturated rings. The largest absolute Gasteiger partial charge is 0.481 e. The van der Waals surface area contributed by atoms with E-state index < -0.39 is 36.0 Å². The first-order valence-corrected chi connectivity index (χ1v) is 10.9. The molecule has 2 aromatic carbocycles. The highest BCUT2D eigenvalue weighted by Crippen LogP contribution is 2.44. The van der Waals surface area contributed by atoms with Crippen LogP contribution in [0.25, 0.3) is 11.1 Å². The molecule has 2 amide bonds. The summed E-state index contributed by atoms with van der Waals surface area (Å²) in [6.07, 6.45) is 4.58. The second kappa shape index (κ2) is 9.73. The first-order chi connectivity index (χ1) is 16.0. The van der Waals surface area contributed by atoms with Crippen LogP contribution in [0, 0.1) is 5.92 Å². The normalized spacial score (nSPS) is 19.3. The van der Waals surface area contributed by atoms with E-state index in [-0.39, 0.29) is 25.4 Å². The van der Waals surface area contributed by atoms with Crippen molar-refractivity contribution < 1.29 is 24.2 Å². The zero-order valence-corrected chi connectivity index (χ0v) is 18.1. The van der Waals surface area contributed by atoms with Crippen LogP contribution in [0.1, 0.15) is 29.9 Å². The van der Waals surface area contributed by atoms with Crippen LogP contribution in [-0.2, 0) is 14.3 Å². The Morgan fingerprint density at radius 2 is 1.70 bits per heavy atom. The fraction of sp³-hybridized carbons (Fsp3) is 0.269. The van der Waals surface area contributed by atoms with Crippen molar-refractivity contribution in [2.24, 2.45) is 5.92 Å². The molecule has 2 aliphatic rings. The van der Waals surface area contributed by atoms with E-state index in [1.807, 2.05) is 36.4 Å². The third kappa shape index (κ3) is 4.82. The molecule has 2 aromatic rings. The maximum atomic E-state index is 12.7. The number of carbonyl (C=O) groups is 3. The molecule has 3 atom stereocenters. The lowest BCUT2D eigenvalue weighted by atomic mass is 9.98. The molecule has 0 saturated carbocycles. The molecule has 3 N–H and O–H groups in total. The van der Waals surface area contributed by atoms with Crippen LogP contribution in [0.4, 0.5) is 4.79 Å². The Kier molecular flexibility index (Phi) is 6.58. The minimum absolute atomic E-state index is 0.0774. The number of hydrogen-bond acceptors (Lipinski definition) is 4. The number of rotatable bonds is 8. The fourth-order valence-corrected chi connectivity index (χ4v) is 4.45. The number of ether oxygens (including phenoxy) is 1. The minimum Gasteiger partial charge on any atom is -0.481 e. The molecule has 0 radical (unpaired) electrons. The molecule has 33 heavy (non-hydrogen) atoms. The maximum absolute atomic E-state index is 12.7. The van der Waals surface area contributed by atoms with Gasteiger partial charge in [0.05, 0.1) is 5.92 Å². The van der Waals surface area contributed by atoms with Crippen molar-refractivity contribution in [3.63, 3.8) is 0 Å². The molecule has 0 saturated heterocycles. The molecule has 0 aromatic heterocycles. The Hall–Kier alpha value is -3.87. The van der Waals surface area contributed by atoms with Gasteiger partial charge in [-0.2, -0.15) is 0 Å². The molecule has 0 bridgehead atoms. The Bertz CT molecular complexity index is 1060. The van der Waals surface area contributed by atoms with Gasteiger partial charge in [0.15, 0.2) is 0 Å². The molecule has 2 aliphatic carbocycles. The van der Waals surface area contributed by atoms with Gasteiger partial charge in [-0.15, -0.1) is 6.58 Å². The Balaban J connectivity index is 1.36. The van der Waals surface area contributed by atoms with E-state index in [0.29, 0.717) is 0 Å². The number of carboxylic acids is 1. The summed E-state index contributed by atoms with van der Waals surface area (Å²) in [5.74, 6) is -2.04. The SMILES string of the molecule is C=CCC(NC(=O)OCC1c2ccccc2-c2ccccc21)C(=O)NC1C=CC(C(=O)O)C1. The fourth-order valence-electron chi connectivity index (χ4n) is 4.45. The van der Waals surface area contributed by atoms with Gasteiger partial charge in [0.1, 0.15) is 12.6 Å². The highest BCUT2D eigenvalue weighted by atomic mass is 16.5.